The summed E-state index contributed by atoms with van der Waals surface area (Å²) in [5.74, 6) is 0.0788. The maximum atomic E-state index is 11.5. The average molecular weight is 220 g/mol. The third kappa shape index (κ3) is 1.58. The minimum Gasteiger partial charge on any atom is -0.493 e. The Morgan fingerprint density at radius 3 is 2.94 bits per heavy atom. The lowest BCUT2D eigenvalue weighted by atomic mass is 10.3. The molecule has 2 rings (SSSR count). The highest BCUT2D eigenvalue weighted by molar-refractivity contribution is 5.49. The predicted octanol–water partition coefficient (Wildman–Crippen LogP) is 0.667. The molecule has 0 bridgehead atoms. The number of aromatic nitrogens is 4. The van der Waals surface area contributed by atoms with Gasteiger partial charge < -0.3 is 14.7 Å². The van der Waals surface area contributed by atoms with Crippen molar-refractivity contribution >= 4 is 0 Å². The predicted molar refractivity (Wildman–Crippen MR) is 58.2 cm³/mol. The number of nitrogens with zero attached hydrogens (tertiary/aromatic N) is 3. The first-order valence-corrected chi connectivity index (χ1v) is 4.94. The molecule has 0 aromatic carbocycles. The van der Waals surface area contributed by atoms with Crippen molar-refractivity contribution in [2.24, 2.45) is 0 Å². The van der Waals surface area contributed by atoms with E-state index >= 15 is 0 Å². The molecule has 0 saturated heterocycles. The quantitative estimate of drug-likeness (QED) is 0.779. The Morgan fingerprint density at radius 1 is 1.56 bits per heavy atom. The van der Waals surface area contributed by atoms with Gasteiger partial charge >= 0.3 is 0 Å². The van der Waals surface area contributed by atoms with Gasteiger partial charge in [0.15, 0.2) is 5.82 Å². The molecule has 0 unspecified atom stereocenters. The zero-order valence-corrected chi connectivity index (χ0v) is 9.06. The summed E-state index contributed by atoms with van der Waals surface area (Å²) in [6, 6.07) is 0. The van der Waals surface area contributed by atoms with Crippen molar-refractivity contribution in [3.05, 3.63) is 28.4 Å². The van der Waals surface area contributed by atoms with Gasteiger partial charge in [0.2, 0.25) is 5.88 Å². The van der Waals surface area contributed by atoms with Gasteiger partial charge in [0.05, 0.1) is 18.1 Å². The molecule has 0 spiro atoms. The number of hydrogen-bond acceptors (Lipinski definition) is 4. The largest absolute Gasteiger partial charge is 0.493 e. The second-order valence-electron chi connectivity index (χ2n) is 3.43. The van der Waals surface area contributed by atoms with E-state index in [0.717, 1.165) is 0 Å². The molecular weight excluding hydrogens is 208 g/mol. The first-order chi connectivity index (χ1) is 7.63. The maximum Gasteiger partial charge on any atom is 0.257 e. The summed E-state index contributed by atoms with van der Waals surface area (Å²) in [5, 5.41) is 9.48. The Morgan fingerprint density at radius 2 is 2.31 bits per heavy atom. The zero-order chi connectivity index (χ0) is 11.7. The molecular formula is C10H12N4O2. The molecule has 6 heteroatoms. The highest BCUT2D eigenvalue weighted by Crippen LogP contribution is 2.16. The molecule has 0 aliphatic rings. The first kappa shape index (κ1) is 10.4. The van der Waals surface area contributed by atoms with Crippen LogP contribution in [-0.4, -0.2) is 24.6 Å². The van der Waals surface area contributed by atoms with Crippen molar-refractivity contribution in [2.75, 3.05) is 0 Å². The Kier molecular flexibility index (Phi) is 2.47. The fourth-order valence-corrected chi connectivity index (χ4v) is 1.41. The summed E-state index contributed by atoms with van der Waals surface area (Å²) >= 11 is 0. The van der Waals surface area contributed by atoms with Crippen LogP contribution in [0.3, 0.4) is 0 Å². The fraction of sp³-hybridized carbons (Fsp3) is 0.300. The van der Waals surface area contributed by atoms with Gasteiger partial charge in [-0.3, -0.25) is 4.79 Å². The Hall–Kier alpha value is -2.11. The molecule has 6 nitrogen and oxygen atoms in total. The van der Waals surface area contributed by atoms with Crippen LogP contribution in [0.15, 0.2) is 17.3 Å². The number of aromatic amines is 1. The highest BCUT2D eigenvalue weighted by Gasteiger charge is 2.10. The Labute approximate surface area is 91.6 Å². The summed E-state index contributed by atoms with van der Waals surface area (Å²) < 4.78 is 1.83. The SMILES string of the molecule is CCn1cncc1-c1nc(O)c(C)c(=O)[nH]1. The van der Waals surface area contributed by atoms with Crippen LogP contribution in [0.25, 0.3) is 11.5 Å². The van der Waals surface area contributed by atoms with Crippen molar-refractivity contribution in [1.82, 2.24) is 19.5 Å². The summed E-state index contributed by atoms with van der Waals surface area (Å²) in [5.41, 5.74) is 0.549. The van der Waals surface area contributed by atoms with Crippen LogP contribution in [0.2, 0.25) is 0 Å². The molecule has 0 aliphatic carbocycles. The van der Waals surface area contributed by atoms with E-state index in [1.165, 1.54) is 6.92 Å². The number of nitrogens with one attached hydrogen (secondary N) is 1. The summed E-state index contributed by atoms with van der Waals surface area (Å²) in [7, 11) is 0. The van der Waals surface area contributed by atoms with Gasteiger partial charge in [-0.25, -0.2) is 4.98 Å². The maximum absolute atomic E-state index is 11.5. The van der Waals surface area contributed by atoms with Crippen LogP contribution in [0.5, 0.6) is 5.88 Å². The zero-order valence-electron chi connectivity index (χ0n) is 9.06. The second-order valence-corrected chi connectivity index (χ2v) is 3.43. The number of aryl methyl sites for hydroxylation is 1. The van der Waals surface area contributed by atoms with Crippen molar-refractivity contribution in [3.63, 3.8) is 0 Å². The van der Waals surface area contributed by atoms with E-state index in [9.17, 15) is 9.90 Å². The third-order valence-electron chi connectivity index (χ3n) is 2.42. The van der Waals surface area contributed by atoms with E-state index in [1.807, 2.05) is 11.5 Å². The molecule has 0 aliphatic heterocycles. The van der Waals surface area contributed by atoms with Gasteiger partial charge in [-0.05, 0) is 13.8 Å². The van der Waals surface area contributed by atoms with E-state index in [-0.39, 0.29) is 17.0 Å². The van der Waals surface area contributed by atoms with Crippen molar-refractivity contribution < 1.29 is 5.11 Å². The van der Waals surface area contributed by atoms with Gasteiger partial charge in [0.1, 0.15) is 5.69 Å². The van der Waals surface area contributed by atoms with Crippen molar-refractivity contribution in [3.8, 4) is 17.4 Å². The first-order valence-electron chi connectivity index (χ1n) is 4.94. The fourth-order valence-electron chi connectivity index (χ4n) is 1.41. The van der Waals surface area contributed by atoms with E-state index in [0.29, 0.717) is 18.1 Å². The van der Waals surface area contributed by atoms with Crippen LogP contribution < -0.4 is 5.56 Å². The second kappa shape index (κ2) is 3.80. The van der Waals surface area contributed by atoms with Gasteiger partial charge in [0, 0.05) is 6.54 Å². The molecule has 16 heavy (non-hydrogen) atoms. The molecule has 0 saturated carbocycles. The lowest BCUT2D eigenvalue weighted by Gasteiger charge is -2.05. The topological polar surface area (TPSA) is 83.8 Å². The minimum absolute atomic E-state index is 0.214. The van der Waals surface area contributed by atoms with Gasteiger partial charge in [0.25, 0.3) is 5.56 Å². The Balaban J connectivity index is 2.61. The van der Waals surface area contributed by atoms with Gasteiger partial charge in [-0.15, -0.1) is 0 Å². The normalized spacial score (nSPS) is 10.6. The Bertz CT molecular complexity index is 570. The number of H-pyrrole nitrogens is 1. The van der Waals surface area contributed by atoms with Crippen LogP contribution in [0.1, 0.15) is 12.5 Å². The van der Waals surface area contributed by atoms with E-state index in [1.54, 1.807) is 12.5 Å². The smallest absolute Gasteiger partial charge is 0.257 e. The van der Waals surface area contributed by atoms with Crippen LogP contribution in [0.4, 0.5) is 0 Å². The van der Waals surface area contributed by atoms with Crippen LogP contribution in [-0.2, 0) is 6.54 Å². The van der Waals surface area contributed by atoms with Crippen LogP contribution >= 0.6 is 0 Å². The van der Waals surface area contributed by atoms with Crippen molar-refractivity contribution in [2.45, 2.75) is 20.4 Å². The molecule has 0 atom stereocenters. The van der Waals surface area contributed by atoms with E-state index in [2.05, 4.69) is 15.0 Å². The summed E-state index contributed by atoms with van der Waals surface area (Å²) in [4.78, 5) is 22.0. The molecule has 2 aromatic heterocycles. The highest BCUT2D eigenvalue weighted by atomic mass is 16.3. The summed E-state index contributed by atoms with van der Waals surface area (Å²) in [6.45, 7) is 4.19. The lowest BCUT2D eigenvalue weighted by molar-refractivity contribution is 0.447. The lowest BCUT2D eigenvalue weighted by Crippen LogP contribution is -2.13. The average Bonchev–Trinajstić information content (AvgIpc) is 2.73. The molecule has 0 fully saturated rings. The third-order valence-corrected chi connectivity index (χ3v) is 2.42. The van der Waals surface area contributed by atoms with Crippen molar-refractivity contribution in [1.29, 1.82) is 0 Å². The number of hydrogen-bond donors (Lipinski definition) is 2. The monoisotopic (exact) mass is 220 g/mol. The molecule has 2 N–H and O–H groups in total. The number of aromatic hydroxyl groups is 1. The molecule has 84 valence electrons. The molecule has 2 aromatic rings. The standard InChI is InChI=1S/C10H12N4O2/c1-3-14-5-11-4-7(14)8-12-9(15)6(2)10(16)13-8/h4-5H,3H2,1-2H3,(H2,12,13,15,16). The number of rotatable bonds is 2. The van der Waals surface area contributed by atoms with Crippen LogP contribution in [0, 0.1) is 6.92 Å². The molecule has 0 amide bonds. The summed E-state index contributed by atoms with van der Waals surface area (Å²) in [6.07, 6.45) is 3.24. The molecule has 0 radical (unpaired) electrons. The van der Waals surface area contributed by atoms with E-state index in [4.69, 9.17) is 0 Å². The molecule has 2 heterocycles. The minimum atomic E-state index is -0.341. The number of imidazole rings is 1. The van der Waals surface area contributed by atoms with Gasteiger partial charge in [-0.2, -0.15) is 4.98 Å². The van der Waals surface area contributed by atoms with E-state index < -0.39 is 0 Å². The van der Waals surface area contributed by atoms with Gasteiger partial charge in [-0.1, -0.05) is 0 Å².